The van der Waals surface area contributed by atoms with Crippen molar-refractivity contribution in [3.05, 3.63) is 61.7 Å². The van der Waals surface area contributed by atoms with Crippen molar-refractivity contribution in [1.82, 2.24) is 4.98 Å². The first-order chi connectivity index (χ1) is 8.97. The van der Waals surface area contributed by atoms with Crippen molar-refractivity contribution in [3.63, 3.8) is 0 Å². The lowest BCUT2D eigenvalue weighted by atomic mass is 10.3. The molecule has 98 valence electrons. The Labute approximate surface area is 120 Å². The number of rotatable bonds is 2. The third kappa shape index (κ3) is 3.21. The molecule has 0 aliphatic carbocycles. The van der Waals surface area contributed by atoms with Crippen molar-refractivity contribution in [3.8, 4) is 0 Å². The molecular formula is C12H7BrClFN2O2. The summed E-state index contributed by atoms with van der Waals surface area (Å²) in [7, 11) is 0. The minimum absolute atomic E-state index is 0.0542. The highest BCUT2D eigenvalue weighted by molar-refractivity contribution is 9.10. The van der Waals surface area contributed by atoms with Gasteiger partial charge in [-0.25, -0.2) is 4.39 Å². The second-order valence-electron chi connectivity index (χ2n) is 3.63. The number of benzene rings is 1. The number of aromatic amines is 1. The summed E-state index contributed by atoms with van der Waals surface area (Å²) in [5.41, 5.74) is -0.0746. The van der Waals surface area contributed by atoms with Crippen molar-refractivity contribution in [1.29, 1.82) is 0 Å². The predicted octanol–water partition coefficient (Wildman–Crippen LogP) is 3.18. The average Bonchev–Trinajstić information content (AvgIpc) is 2.33. The summed E-state index contributed by atoms with van der Waals surface area (Å²) < 4.78 is 13.4. The van der Waals surface area contributed by atoms with E-state index in [-0.39, 0.29) is 16.4 Å². The number of halogens is 3. The second kappa shape index (κ2) is 5.54. The topological polar surface area (TPSA) is 62.0 Å². The van der Waals surface area contributed by atoms with Crippen molar-refractivity contribution in [2.45, 2.75) is 0 Å². The fourth-order valence-electron chi connectivity index (χ4n) is 1.42. The van der Waals surface area contributed by atoms with E-state index in [1.54, 1.807) is 0 Å². The van der Waals surface area contributed by atoms with E-state index in [0.29, 0.717) is 4.47 Å². The van der Waals surface area contributed by atoms with E-state index >= 15 is 0 Å². The molecule has 0 saturated heterocycles. The standard InChI is InChI=1S/C12H7BrClFN2O2/c13-7-4-6(15)5-8(14)11(7)17-12(19)9-2-1-3-10(18)16-9/h1-5H,(H,16,18)(H,17,19). The molecule has 7 heteroatoms. The smallest absolute Gasteiger partial charge is 0.272 e. The minimum atomic E-state index is -0.549. The maximum absolute atomic E-state index is 13.0. The number of hydrogen-bond acceptors (Lipinski definition) is 2. The van der Waals surface area contributed by atoms with Crippen LogP contribution in [0, 0.1) is 5.82 Å². The number of aromatic nitrogens is 1. The van der Waals surface area contributed by atoms with Gasteiger partial charge in [0, 0.05) is 10.5 Å². The first kappa shape index (κ1) is 13.8. The average molecular weight is 346 g/mol. The zero-order valence-electron chi connectivity index (χ0n) is 9.34. The molecule has 1 aromatic heterocycles. The van der Waals surface area contributed by atoms with Crippen LogP contribution in [0.25, 0.3) is 0 Å². The molecule has 1 heterocycles. The molecule has 2 N–H and O–H groups in total. The predicted molar refractivity (Wildman–Crippen MR) is 74.1 cm³/mol. The minimum Gasteiger partial charge on any atom is -0.318 e. The third-order valence-electron chi connectivity index (χ3n) is 2.26. The summed E-state index contributed by atoms with van der Waals surface area (Å²) in [5.74, 6) is -1.07. The van der Waals surface area contributed by atoms with Gasteiger partial charge in [-0.2, -0.15) is 0 Å². The monoisotopic (exact) mass is 344 g/mol. The number of anilines is 1. The maximum Gasteiger partial charge on any atom is 0.272 e. The van der Waals surface area contributed by atoms with Gasteiger partial charge in [-0.3, -0.25) is 9.59 Å². The molecule has 4 nitrogen and oxygen atoms in total. The molecule has 0 fully saturated rings. The van der Waals surface area contributed by atoms with Gasteiger partial charge < -0.3 is 10.3 Å². The number of carbonyl (C=O) groups is 1. The number of amides is 1. The molecule has 0 atom stereocenters. The molecule has 1 aromatic carbocycles. The lowest BCUT2D eigenvalue weighted by molar-refractivity contribution is 0.102. The largest absolute Gasteiger partial charge is 0.318 e. The Balaban J connectivity index is 2.32. The molecule has 0 saturated carbocycles. The van der Waals surface area contributed by atoms with Gasteiger partial charge in [0.1, 0.15) is 11.5 Å². The van der Waals surface area contributed by atoms with Crippen molar-refractivity contribution in [2.75, 3.05) is 5.32 Å². The first-order valence-electron chi connectivity index (χ1n) is 5.12. The summed E-state index contributed by atoms with van der Waals surface area (Å²) in [4.78, 5) is 25.4. The fourth-order valence-corrected chi connectivity index (χ4v) is 2.32. The van der Waals surface area contributed by atoms with Gasteiger partial charge in [0.05, 0.1) is 10.7 Å². The van der Waals surface area contributed by atoms with Crippen LogP contribution in [0.2, 0.25) is 5.02 Å². The normalized spacial score (nSPS) is 10.3. The van der Waals surface area contributed by atoms with E-state index in [1.165, 1.54) is 24.3 Å². The van der Waals surface area contributed by atoms with Crippen LogP contribution in [0.1, 0.15) is 10.5 Å². The Kier molecular flexibility index (Phi) is 4.01. The fraction of sp³-hybridized carbons (Fsp3) is 0. The van der Waals surface area contributed by atoms with Crippen LogP contribution in [-0.4, -0.2) is 10.9 Å². The lowest BCUT2D eigenvalue weighted by Gasteiger charge is -2.09. The molecule has 19 heavy (non-hydrogen) atoms. The van der Waals surface area contributed by atoms with Crippen LogP contribution in [0.4, 0.5) is 10.1 Å². The number of carbonyl (C=O) groups excluding carboxylic acids is 1. The van der Waals surface area contributed by atoms with Crippen LogP contribution < -0.4 is 10.9 Å². The van der Waals surface area contributed by atoms with E-state index < -0.39 is 17.3 Å². The van der Waals surface area contributed by atoms with Crippen LogP contribution in [0.5, 0.6) is 0 Å². The van der Waals surface area contributed by atoms with E-state index in [4.69, 9.17) is 11.6 Å². The summed E-state index contributed by atoms with van der Waals surface area (Å²) >= 11 is 8.94. The second-order valence-corrected chi connectivity index (χ2v) is 4.89. The Morgan fingerprint density at radius 2 is 2.11 bits per heavy atom. The van der Waals surface area contributed by atoms with Gasteiger partial charge in [-0.05, 0) is 34.1 Å². The molecule has 1 amide bonds. The summed E-state index contributed by atoms with van der Waals surface area (Å²) in [6.07, 6.45) is 0. The molecule has 2 rings (SSSR count). The number of H-pyrrole nitrogens is 1. The van der Waals surface area contributed by atoms with Crippen molar-refractivity contribution >= 4 is 39.1 Å². The van der Waals surface area contributed by atoms with Crippen LogP contribution >= 0.6 is 27.5 Å². The number of pyridine rings is 1. The van der Waals surface area contributed by atoms with Gasteiger partial charge in [-0.1, -0.05) is 17.7 Å². The Bertz CT molecular complexity index is 679. The van der Waals surface area contributed by atoms with E-state index in [0.717, 1.165) is 6.07 Å². The number of nitrogens with one attached hydrogen (secondary N) is 2. The highest BCUT2D eigenvalue weighted by Crippen LogP contribution is 2.31. The van der Waals surface area contributed by atoms with Crippen LogP contribution in [0.15, 0.2) is 39.6 Å². The summed E-state index contributed by atoms with van der Waals surface area (Å²) in [6.45, 7) is 0. The highest BCUT2D eigenvalue weighted by atomic mass is 79.9. The van der Waals surface area contributed by atoms with Crippen molar-refractivity contribution in [2.24, 2.45) is 0 Å². The molecule has 0 spiro atoms. The molecule has 0 bridgehead atoms. The van der Waals surface area contributed by atoms with E-state index in [1.807, 2.05) is 0 Å². The Morgan fingerprint density at radius 1 is 1.37 bits per heavy atom. The van der Waals surface area contributed by atoms with E-state index in [2.05, 4.69) is 26.2 Å². The molecule has 0 radical (unpaired) electrons. The Morgan fingerprint density at radius 3 is 2.74 bits per heavy atom. The van der Waals surface area contributed by atoms with Crippen molar-refractivity contribution < 1.29 is 9.18 Å². The maximum atomic E-state index is 13.0. The quantitative estimate of drug-likeness (QED) is 0.878. The van der Waals surface area contributed by atoms with Gasteiger partial charge in [0.2, 0.25) is 5.56 Å². The molecule has 2 aromatic rings. The molecular weight excluding hydrogens is 338 g/mol. The van der Waals surface area contributed by atoms with Gasteiger partial charge in [0.25, 0.3) is 5.91 Å². The summed E-state index contributed by atoms with van der Waals surface area (Å²) in [6, 6.07) is 6.44. The highest BCUT2D eigenvalue weighted by Gasteiger charge is 2.13. The molecule has 0 unspecified atom stereocenters. The lowest BCUT2D eigenvalue weighted by Crippen LogP contribution is -2.18. The zero-order chi connectivity index (χ0) is 14.0. The van der Waals surface area contributed by atoms with Gasteiger partial charge >= 0.3 is 0 Å². The van der Waals surface area contributed by atoms with Gasteiger partial charge in [0.15, 0.2) is 0 Å². The van der Waals surface area contributed by atoms with Crippen LogP contribution in [-0.2, 0) is 0 Å². The number of hydrogen-bond donors (Lipinski definition) is 2. The third-order valence-corrected chi connectivity index (χ3v) is 3.18. The zero-order valence-corrected chi connectivity index (χ0v) is 11.7. The molecule has 0 aliphatic heterocycles. The molecule has 0 aliphatic rings. The first-order valence-corrected chi connectivity index (χ1v) is 6.29. The van der Waals surface area contributed by atoms with Gasteiger partial charge in [-0.15, -0.1) is 0 Å². The SMILES string of the molecule is O=C(Nc1c(Cl)cc(F)cc1Br)c1cccc(=O)[nH]1. The summed E-state index contributed by atoms with van der Waals surface area (Å²) in [5, 5.41) is 2.55. The van der Waals surface area contributed by atoms with E-state index in [9.17, 15) is 14.0 Å². The van der Waals surface area contributed by atoms with Crippen LogP contribution in [0.3, 0.4) is 0 Å². The Hall–Kier alpha value is -1.66.